The van der Waals surface area contributed by atoms with Gasteiger partial charge in [0.05, 0.1) is 5.52 Å². The minimum atomic E-state index is -0.940. The van der Waals surface area contributed by atoms with Crippen molar-refractivity contribution in [2.75, 3.05) is 16.1 Å². The molecule has 3 amide bonds. The van der Waals surface area contributed by atoms with E-state index >= 15 is 0 Å². The molecule has 0 spiro atoms. The maximum Gasteiger partial charge on any atom is 0.328 e. The van der Waals surface area contributed by atoms with E-state index in [2.05, 4.69) is 32.0 Å². The van der Waals surface area contributed by atoms with Crippen LogP contribution in [0.15, 0.2) is 71.2 Å². The van der Waals surface area contributed by atoms with E-state index in [4.69, 9.17) is 23.2 Å². The van der Waals surface area contributed by atoms with Crippen LogP contribution in [0.3, 0.4) is 0 Å². The molecule has 1 aromatic heterocycles. The second-order valence-corrected chi connectivity index (χ2v) is 9.41. The van der Waals surface area contributed by atoms with Crippen molar-refractivity contribution < 1.29 is 14.4 Å². The lowest BCUT2D eigenvalue weighted by molar-refractivity contribution is -0.133. The Morgan fingerprint density at radius 2 is 1.51 bits per heavy atom. The minimum Gasteiger partial charge on any atom is -0.321 e. The zero-order chi connectivity index (χ0) is 25.1. The number of carbonyl (C=O) groups is 3. The monoisotopic (exact) mass is 572 g/mol. The molecule has 0 saturated heterocycles. The van der Waals surface area contributed by atoms with E-state index in [1.54, 1.807) is 54.6 Å². The van der Waals surface area contributed by atoms with Crippen LogP contribution in [-0.4, -0.2) is 22.4 Å². The molecule has 0 unspecified atom stereocenters. The van der Waals surface area contributed by atoms with E-state index in [1.165, 1.54) is 4.68 Å². The lowest BCUT2D eigenvalue weighted by atomic mass is 10.1. The Hall–Kier alpha value is -3.33. The zero-order valence-corrected chi connectivity index (χ0v) is 21.5. The molecule has 3 aromatic carbocycles. The zero-order valence-electron chi connectivity index (χ0n) is 18.4. The third kappa shape index (κ3) is 5.85. The third-order valence-corrected chi connectivity index (χ3v) is 6.09. The van der Waals surface area contributed by atoms with Crippen LogP contribution in [-0.2, 0) is 16.0 Å². The van der Waals surface area contributed by atoms with Gasteiger partial charge in [-0.15, -0.1) is 0 Å². The molecule has 35 heavy (non-hydrogen) atoms. The molecule has 7 nitrogen and oxygen atoms in total. The molecule has 0 aliphatic carbocycles. The van der Waals surface area contributed by atoms with Crippen molar-refractivity contribution in [1.29, 1.82) is 0 Å². The summed E-state index contributed by atoms with van der Waals surface area (Å²) < 4.78 is 2.06. The average Bonchev–Trinajstić information content (AvgIpc) is 3.16. The predicted molar refractivity (Wildman–Crippen MR) is 143 cm³/mol. The molecule has 0 aliphatic heterocycles. The summed E-state index contributed by atoms with van der Waals surface area (Å²) in [5, 5.41) is 6.66. The topological polar surface area (TPSA) is 92.2 Å². The number of aromatic nitrogens is 1. The number of fused-ring (bicyclic) bond motifs is 1. The first kappa shape index (κ1) is 24.8. The standard InChI is InChI=1S/C25H19BrCl2N4O3/c1-2-14-3-6-19(7-4-14)29-24(34)25(35)31-32-21-8-5-16(26)9-15(21)10-22(32)23(33)30-20-12-17(27)11-18(28)13-20/h3-13H,2H2,1H3,(H,29,34)(H,30,33)(H,31,35). The second kappa shape index (κ2) is 10.5. The van der Waals surface area contributed by atoms with E-state index in [0.717, 1.165) is 16.5 Å². The van der Waals surface area contributed by atoms with Crippen LogP contribution in [0.2, 0.25) is 10.0 Å². The van der Waals surface area contributed by atoms with E-state index in [9.17, 15) is 14.4 Å². The highest BCUT2D eigenvalue weighted by Gasteiger charge is 2.21. The van der Waals surface area contributed by atoms with Crippen molar-refractivity contribution >= 4 is 79.1 Å². The minimum absolute atomic E-state index is 0.0997. The smallest absolute Gasteiger partial charge is 0.321 e. The first-order valence-electron chi connectivity index (χ1n) is 10.5. The Morgan fingerprint density at radius 1 is 0.829 bits per heavy atom. The fourth-order valence-electron chi connectivity index (χ4n) is 3.46. The number of anilines is 2. The Balaban J connectivity index is 1.61. The molecule has 0 atom stereocenters. The summed E-state index contributed by atoms with van der Waals surface area (Å²) in [4.78, 5) is 38.4. The molecular weight excluding hydrogens is 555 g/mol. The molecule has 0 radical (unpaired) electrons. The van der Waals surface area contributed by atoms with Gasteiger partial charge in [0.15, 0.2) is 0 Å². The Kier molecular flexibility index (Phi) is 7.45. The number of amides is 3. The van der Waals surface area contributed by atoms with Crippen LogP contribution in [0.5, 0.6) is 0 Å². The predicted octanol–water partition coefficient (Wildman–Crippen LogP) is 6.23. The van der Waals surface area contributed by atoms with Crippen LogP contribution in [0, 0.1) is 0 Å². The summed E-state index contributed by atoms with van der Waals surface area (Å²) >= 11 is 15.5. The van der Waals surface area contributed by atoms with E-state index < -0.39 is 17.7 Å². The number of nitrogens with one attached hydrogen (secondary N) is 3. The molecule has 10 heteroatoms. The van der Waals surface area contributed by atoms with Gasteiger partial charge >= 0.3 is 11.8 Å². The number of halogens is 3. The molecule has 3 N–H and O–H groups in total. The van der Waals surface area contributed by atoms with Crippen LogP contribution < -0.4 is 16.1 Å². The fourth-order valence-corrected chi connectivity index (χ4v) is 4.36. The van der Waals surface area contributed by atoms with Crippen LogP contribution in [0.1, 0.15) is 23.0 Å². The Labute approximate surface area is 219 Å². The number of benzene rings is 3. The van der Waals surface area contributed by atoms with Gasteiger partial charge in [0.2, 0.25) is 0 Å². The average molecular weight is 574 g/mol. The molecule has 0 bridgehead atoms. The second-order valence-electron chi connectivity index (χ2n) is 7.63. The van der Waals surface area contributed by atoms with Crippen molar-refractivity contribution in [1.82, 2.24) is 4.68 Å². The Bertz CT molecular complexity index is 1430. The van der Waals surface area contributed by atoms with Crippen LogP contribution in [0.25, 0.3) is 10.9 Å². The number of rotatable bonds is 5. The molecule has 4 rings (SSSR count). The summed E-state index contributed by atoms with van der Waals surface area (Å²) in [7, 11) is 0. The lowest BCUT2D eigenvalue weighted by Gasteiger charge is -2.13. The first-order valence-corrected chi connectivity index (χ1v) is 12.1. The molecule has 0 fully saturated rings. The number of nitrogens with zero attached hydrogens (tertiary/aromatic N) is 1. The maximum absolute atomic E-state index is 13.1. The van der Waals surface area contributed by atoms with Gasteiger partial charge in [0.25, 0.3) is 5.91 Å². The molecule has 4 aromatic rings. The van der Waals surface area contributed by atoms with Gasteiger partial charge in [-0.25, -0.2) is 4.68 Å². The van der Waals surface area contributed by atoms with Crippen molar-refractivity contribution in [2.45, 2.75) is 13.3 Å². The largest absolute Gasteiger partial charge is 0.328 e. The summed E-state index contributed by atoms with van der Waals surface area (Å²) in [5.74, 6) is -2.35. The Morgan fingerprint density at radius 3 is 2.17 bits per heavy atom. The first-order chi connectivity index (χ1) is 16.7. The number of hydrogen-bond donors (Lipinski definition) is 3. The van der Waals surface area contributed by atoms with Crippen molar-refractivity contribution in [3.8, 4) is 0 Å². The highest BCUT2D eigenvalue weighted by molar-refractivity contribution is 9.10. The number of aryl methyl sites for hydroxylation is 1. The molecule has 0 aliphatic rings. The summed E-state index contributed by atoms with van der Waals surface area (Å²) in [6, 6.07) is 18.7. The van der Waals surface area contributed by atoms with Crippen molar-refractivity contribution in [3.05, 3.63) is 92.5 Å². The van der Waals surface area contributed by atoms with Gasteiger partial charge in [-0.1, -0.05) is 58.2 Å². The summed E-state index contributed by atoms with van der Waals surface area (Å²) in [6.45, 7) is 2.02. The van der Waals surface area contributed by atoms with Gasteiger partial charge in [-0.2, -0.15) is 0 Å². The summed E-state index contributed by atoms with van der Waals surface area (Å²) in [6.07, 6.45) is 0.859. The van der Waals surface area contributed by atoms with Gasteiger partial charge < -0.3 is 10.6 Å². The number of carbonyl (C=O) groups excluding carboxylic acids is 3. The van der Waals surface area contributed by atoms with Crippen molar-refractivity contribution in [2.24, 2.45) is 0 Å². The molecule has 1 heterocycles. The van der Waals surface area contributed by atoms with Gasteiger partial charge in [0, 0.05) is 31.3 Å². The van der Waals surface area contributed by atoms with Crippen molar-refractivity contribution in [3.63, 3.8) is 0 Å². The van der Waals surface area contributed by atoms with Gasteiger partial charge in [0.1, 0.15) is 5.69 Å². The third-order valence-electron chi connectivity index (χ3n) is 5.16. The molecule has 178 valence electrons. The quantitative estimate of drug-likeness (QED) is 0.247. The highest BCUT2D eigenvalue weighted by Crippen LogP contribution is 2.26. The van der Waals surface area contributed by atoms with E-state index in [1.807, 2.05) is 19.1 Å². The van der Waals surface area contributed by atoms with Crippen LogP contribution in [0.4, 0.5) is 11.4 Å². The van der Waals surface area contributed by atoms with Gasteiger partial charge in [-0.3, -0.25) is 19.8 Å². The van der Waals surface area contributed by atoms with Crippen LogP contribution >= 0.6 is 39.1 Å². The SMILES string of the molecule is CCc1ccc(NC(=O)C(=O)Nn2c(C(=O)Nc3cc(Cl)cc(Cl)c3)cc3cc(Br)ccc32)cc1. The molecular formula is C25H19BrCl2N4O3. The maximum atomic E-state index is 13.1. The normalized spacial score (nSPS) is 10.7. The van der Waals surface area contributed by atoms with Gasteiger partial charge in [-0.05, 0) is 66.6 Å². The summed E-state index contributed by atoms with van der Waals surface area (Å²) in [5.41, 5.74) is 5.12. The number of hydrogen-bond acceptors (Lipinski definition) is 3. The lowest BCUT2D eigenvalue weighted by Crippen LogP contribution is -2.36. The van der Waals surface area contributed by atoms with E-state index in [-0.39, 0.29) is 5.69 Å². The highest BCUT2D eigenvalue weighted by atomic mass is 79.9. The molecule has 0 saturated carbocycles. The fraction of sp³-hybridized carbons (Fsp3) is 0.0800. The van der Waals surface area contributed by atoms with E-state index in [0.29, 0.717) is 32.3 Å².